The van der Waals surface area contributed by atoms with E-state index in [1.165, 1.54) is 12.1 Å². The zero-order valence-electron chi connectivity index (χ0n) is 17.3. The molecule has 1 N–H and O–H groups in total. The first-order valence-corrected chi connectivity index (χ1v) is 10.9. The number of benzene rings is 1. The van der Waals surface area contributed by atoms with Crippen molar-refractivity contribution in [1.82, 2.24) is 9.88 Å². The molecular formula is C21H24F4N2O4S. The van der Waals surface area contributed by atoms with Crippen LogP contribution >= 0.6 is 11.3 Å². The van der Waals surface area contributed by atoms with Crippen molar-refractivity contribution in [2.24, 2.45) is 0 Å². The number of alkyl halides is 3. The highest BCUT2D eigenvalue weighted by molar-refractivity contribution is 7.09. The molecule has 2 fully saturated rings. The normalized spacial score (nSPS) is 23.3. The average molecular weight is 476 g/mol. The lowest BCUT2D eigenvalue weighted by Crippen LogP contribution is -2.41. The molecule has 2 aliphatic rings. The van der Waals surface area contributed by atoms with Gasteiger partial charge >= 0.3 is 12.1 Å². The van der Waals surface area contributed by atoms with Crippen LogP contribution < -0.4 is 0 Å². The molecule has 0 radical (unpaired) electrons. The van der Waals surface area contributed by atoms with Crippen LogP contribution in [0.2, 0.25) is 0 Å². The number of fused-ring (bicyclic) bond motifs is 1. The number of rotatable bonds is 5. The van der Waals surface area contributed by atoms with Crippen molar-refractivity contribution < 1.29 is 36.9 Å². The van der Waals surface area contributed by atoms with Gasteiger partial charge in [-0.25, -0.2) is 14.2 Å². The minimum Gasteiger partial charge on any atom is -0.475 e. The minimum absolute atomic E-state index is 0.0627. The van der Waals surface area contributed by atoms with Crippen molar-refractivity contribution in [3.63, 3.8) is 0 Å². The number of likely N-dealkylation sites (tertiary alicyclic amines) is 1. The van der Waals surface area contributed by atoms with Gasteiger partial charge in [-0.3, -0.25) is 4.90 Å². The van der Waals surface area contributed by atoms with E-state index >= 15 is 0 Å². The number of carbonyl (C=O) groups is 1. The first-order valence-electron chi connectivity index (χ1n) is 10.1. The molecule has 0 saturated carbocycles. The summed E-state index contributed by atoms with van der Waals surface area (Å²) in [7, 11) is 0. The van der Waals surface area contributed by atoms with Crippen molar-refractivity contribution in [1.29, 1.82) is 0 Å². The van der Waals surface area contributed by atoms with Crippen LogP contribution in [-0.2, 0) is 27.4 Å². The standard InChI is InChI=1S/C19H23FN2O2S.C2HF3O2/c1-13-21-16(12-25-13)11-24-18-10-22(17-3-2-8-23-19(17)18)9-14-4-6-15(20)7-5-14;3-2(4,5)1(6)7/h4-7,12,17-19H,2-3,8-11H2,1H3;(H,6,7)/t17-,18-,19+;/m1./s1. The van der Waals surface area contributed by atoms with Gasteiger partial charge in [0.15, 0.2) is 0 Å². The number of halogens is 4. The van der Waals surface area contributed by atoms with Gasteiger partial charge in [0.1, 0.15) is 11.9 Å². The predicted octanol–water partition coefficient (Wildman–Crippen LogP) is 4.17. The van der Waals surface area contributed by atoms with E-state index < -0.39 is 12.1 Å². The molecule has 0 bridgehead atoms. The van der Waals surface area contributed by atoms with E-state index in [1.54, 1.807) is 11.3 Å². The molecule has 0 amide bonds. The number of nitrogens with zero attached hydrogens (tertiary/aromatic N) is 2. The maximum Gasteiger partial charge on any atom is 0.490 e. The van der Waals surface area contributed by atoms with Crippen molar-refractivity contribution in [3.05, 3.63) is 51.7 Å². The second-order valence-electron chi connectivity index (χ2n) is 7.61. The first kappa shape index (κ1) is 24.6. The molecule has 2 aromatic rings. The molecule has 2 saturated heterocycles. The van der Waals surface area contributed by atoms with E-state index in [4.69, 9.17) is 19.4 Å². The Morgan fingerprint density at radius 3 is 2.62 bits per heavy atom. The van der Waals surface area contributed by atoms with Gasteiger partial charge in [-0.05, 0) is 37.5 Å². The van der Waals surface area contributed by atoms with Crippen LogP contribution in [0.25, 0.3) is 0 Å². The quantitative estimate of drug-likeness (QED) is 0.654. The van der Waals surface area contributed by atoms with Gasteiger partial charge in [-0.1, -0.05) is 12.1 Å². The molecule has 6 nitrogen and oxygen atoms in total. The SMILES string of the molecule is Cc1nc(CO[C@@H]2CN(Cc3ccc(F)cc3)[C@@H]3CCCO[C@@H]32)cs1.O=C(O)C(F)(F)F. The van der Waals surface area contributed by atoms with E-state index in [0.717, 1.165) is 48.8 Å². The molecule has 4 rings (SSSR count). The van der Waals surface area contributed by atoms with Gasteiger partial charge in [0.2, 0.25) is 0 Å². The maximum absolute atomic E-state index is 13.1. The summed E-state index contributed by atoms with van der Waals surface area (Å²) >= 11 is 1.65. The summed E-state index contributed by atoms with van der Waals surface area (Å²) in [5.41, 5.74) is 2.12. The molecule has 3 atom stereocenters. The Kier molecular flexibility index (Phi) is 8.21. The number of aryl methyl sites for hydroxylation is 1. The third kappa shape index (κ3) is 6.71. The van der Waals surface area contributed by atoms with E-state index in [1.807, 2.05) is 19.1 Å². The third-order valence-electron chi connectivity index (χ3n) is 5.24. The smallest absolute Gasteiger partial charge is 0.475 e. The second-order valence-corrected chi connectivity index (χ2v) is 8.67. The van der Waals surface area contributed by atoms with Crippen LogP contribution in [0.15, 0.2) is 29.6 Å². The molecule has 0 spiro atoms. The molecule has 1 aromatic carbocycles. The molecule has 176 valence electrons. The van der Waals surface area contributed by atoms with Gasteiger partial charge in [0, 0.05) is 31.1 Å². The lowest BCUT2D eigenvalue weighted by molar-refractivity contribution is -0.192. The van der Waals surface area contributed by atoms with Gasteiger partial charge in [-0.2, -0.15) is 13.2 Å². The highest BCUT2D eigenvalue weighted by atomic mass is 32.1. The predicted molar refractivity (Wildman–Crippen MR) is 109 cm³/mol. The zero-order chi connectivity index (χ0) is 23.3. The van der Waals surface area contributed by atoms with E-state index in [9.17, 15) is 17.6 Å². The number of thiazole rings is 1. The summed E-state index contributed by atoms with van der Waals surface area (Å²) in [5.74, 6) is -2.95. The van der Waals surface area contributed by atoms with Gasteiger partial charge < -0.3 is 14.6 Å². The topological polar surface area (TPSA) is 71.9 Å². The number of carboxylic acid groups (broad SMARTS) is 1. The fourth-order valence-corrected chi connectivity index (χ4v) is 4.42. The summed E-state index contributed by atoms with van der Waals surface area (Å²) < 4.78 is 57.1. The van der Waals surface area contributed by atoms with Gasteiger partial charge in [-0.15, -0.1) is 11.3 Å². The number of ether oxygens (including phenoxy) is 2. The van der Waals surface area contributed by atoms with Gasteiger partial charge in [0.05, 0.1) is 23.4 Å². The molecular weight excluding hydrogens is 452 g/mol. The number of aliphatic carboxylic acids is 1. The second kappa shape index (κ2) is 10.7. The van der Waals surface area contributed by atoms with Crippen molar-refractivity contribution in [2.75, 3.05) is 13.2 Å². The van der Waals surface area contributed by atoms with E-state index in [-0.39, 0.29) is 18.0 Å². The Morgan fingerprint density at radius 2 is 2.03 bits per heavy atom. The van der Waals surface area contributed by atoms with Gasteiger partial charge in [0.25, 0.3) is 0 Å². The number of aromatic nitrogens is 1. The van der Waals surface area contributed by atoms with Crippen LogP contribution in [0, 0.1) is 12.7 Å². The van der Waals surface area contributed by atoms with Crippen LogP contribution in [0.5, 0.6) is 0 Å². The molecule has 0 unspecified atom stereocenters. The molecule has 3 heterocycles. The summed E-state index contributed by atoms with van der Waals surface area (Å²) in [5, 5.41) is 10.2. The summed E-state index contributed by atoms with van der Waals surface area (Å²) in [6.45, 7) is 5.00. The van der Waals surface area contributed by atoms with Crippen molar-refractivity contribution >= 4 is 17.3 Å². The van der Waals surface area contributed by atoms with Crippen molar-refractivity contribution in [2.45, 2.75) is 57.3 Å². The lowest BCUT2D eigenvalue weighted by Gasteiger charge is -2.32. The molecule has 32 heavy (non-hydrogen) atoms. The summed E-state index contributed by atoms with van der Waals surface area (Å²) in [4.78, 5) is 15.8. The van der Waals surface area contributed by atoms with Crippen molar-refractivity contribution in [3.8, 4) is 0 Å². The fraction of sp³-hybridized carbons (Fsp3) is 0.524. The Labute approximate surface area is 186 Å². The average Bonchev–Trinajstić information content (AvgIpc) is 3.31. The molecule has 11 heteroatoms. The lowest BCUT2D eigenvalue weighted by atomic mass is 10.0. The Morgan fingerprint density at radius 1 is 1.34 bits per heavy atom. The first-order chi connectivity index (χ1) is 15.1. The Balaban J connectivity index is 0.000000360. The van der Waals surface area contributed by atoms with E-state index in [0.29, 0.717) is 12.6 Å². The van der Waals surface area contributed by atoms with Crippen LogP contribution in [-0.4, -0.2) is 58.5 Å². The highest BCUT2D eigenvalue weighted by Crippen LogP contribution is 2.32. The summed E-state index contributed by atoms with van der Waals surface area (Å²) in [6, 6.07) is 7.15. The number of hydrogen-bond acceptors (Lipinski definition) is 6. The Bertz CT molecular complexity index is 891. The minimum atomic E-state index is -5.08. The van der Waals surface area contributed by atoms with E-state index in [2.05, 4.69) is 15.3 Å². The monoisotopic (exact) mass is 476 g/mol. The molecule has 2 aliphatic heterocycles. The maximum atomic E-state index is 13.1. The molecule has 0 aliphatic carbocycles. The number of carboxylic acids is 1. The number of hydrogen-bond donors (Lipinski definition) is 1. The molecule has 1 aromatic heterocycles. The van der Waals surface area contributed by atoms with Crippen LogP contribution in [0.4, 0.5) is 17.6 Å². The largest absolute Gasteiger partial charge is 0.490 e. The fourth-order valence-electron chi connectivity index (χ4n) is 3.82. The van der Waals surface area contributed by atoms with Crippen LogP contribution in [0.1, 0.15) is 29.1 Å². The highest BCUT2D eigenvalue weighted by Gasteiger charge is 2.44. The third-order valence-corrected chi connectivity index (χ3v) is 6.06. The van der Waals surface area contributed by atoms with Crippen LogP contribution in [0.3, 0.4) is 0 Å². The zero-order valence-corrected chi connectivity index (χ0v) is 18.2. The summed E-state index contributed by atoms with van der Waals surface area (Å²) in [6.07, 6.45) is -2.69. The Hall–Kier alpha value is -2.08.